The summed E-state index contributed by atoms with van der Waals surface area (Å²) < 4.78 is 0. The van der Waals surface area contributed by atoms with E-state index in [0.29, 0.717) is 11.9 Å². The molecule has 19 heavy (non-hydrogen) atoms. The summed E-state index contributed by atoms with van der Waals surface area (Å²) in [5, 5.41) is 3.30. The summed E-state index contributed by atoms with van der Waals surface area (Å²) in [6.07, 6.45) is 12.0. The minimum atomic E-state index is 0.378. The van der Waals surface area contributed by atoms with E-state index < -0.39 is 0 Å². The smallest absolute Gasteiger partial charge is 0.222 e. The molecule has 0 aliphatic carbocycles. The molecule has 0 atom stereocenters. The summed E-state index contributed by atoms with van der Waals surface area (Å²) in [4.78, 5) is 14.1. The van der Waals surface area contributed by atoms with Gasteiger partial charge in [-0.05, 0) is 26.3 Å². The molecule has 3 nitrogen and oxygen atoms in total. The van der Waals surface area contributed by atoms with Gasteiger partial charge < -0.3 is 10.2 Å². The molecule has 0 spiro atoms. The van der Waals surface area contributed by atoms with Crippen LogP contribution in [0.1, 0.15) is 71.1 Å². The summed E-state index contributed by atoms with van der Waals surface area (Å²) in [7, 11) is 2.01. The SMILES string of the molecule is CCCCCCCCCC(=O)N1CCC(NC)CC1. The van der Waals surface area contributed by atoms with Crippen LogP contribution in [0, 0.1) is 0 Å². The van der Waals surface area contributed by atoms with E-state index in [1.165, 1.54) is 38.5 Å². The molecule has 1 rings (SSSR count). The van der Waals surface area contributed by atoms with Crippen LogP contribution in [0.2, 0.25) is 0 Å². The molecule has 0 bridgehead atoms. The molecule has 0 aromatic heterocycles. The van der Waals surface area contributed by atoms with Crippen LogP contribution in [0.4, 0.5) is 0 Å². The normalized spacial score (nSPS) is 16.8. The first kappa shape index (κ1) is 16.5. The molecule has 0 aromatic carbocycles. The van der Waals surface area contributed by atoms with Gasteiger partial charge in [-0.2, -0.15) is 0 Å². The third-order valence-electron chi connectivity index (χ3n) is 4.25. The van der Waals surface area contributed by atoms with Crippen LogP contribution in [0.5, 0.6) is 0 Å². The van der Waals surface area contributed by atoms with Gasteiger partial charge in [0.25, 0.3) is 0 Å². The summed E-state index contributed by atoms with van der Waals surface area (Å²) in [6, 6.07) is 0.614. The largest absolute Gasteiger partial charge is 0.343 e. The number of unbranched alkanes of at least 4 members (excludes halogenated alkanes) is 6. The number of hydrogen-bond donors (Lipinski definition) is 1. The number of carbonyl (C=O) groups excluding carboxylic acids is 1. The Morgan fingerprint density at radius 2 is 1.63 bits per heavy atom. The highest BCUT2D eigenvalue weighted by atomic mass is 16.2. The van der Waals surface area contributed by atoms with E-state index in [-0.39, 0.29) is 0 Å². The first-order chi connectivity index (χ1) is 9.27. The van der Waals surface area contributed by atoms with Crippen molar-refractivity contribution in [3.05, 3.63) is 0 Å². The van der Waals surface area contributed by atoms with Gasteiger partial charge in [0.05, 0.1) is 0 Å². The third kappa shape index (κ3) is 6.95. The zero-order valence-electron chi connectivity index (χ0n) is 12.9. The van der Waals surface area contributed by atoms with Gasteiger partial charge in [0, 0.05) is 25.6 Å². The fourth-order valence-corrected chi connectivity index (χ4v) is 2.81. The number of rotatable bonds is 9. The van der Waals surface area contributed by atoms with Crippen molar-refractivity contribution < 1.29 is 4.79 Å². The van der Waals surface area contributed by atoms with Crippen molar-refractivity contribution in [3.63, 3.8) is 0 Å². The molecule has 112 valence electrons. The lowest BCUT2D eigenvalue weighted by molar-refractivity contribution is -0.132. The van der Waals surface area contributed by atoms with Gasteiger partial charge in [0.2, 0.25) is 5.91 Å². The predicted molar refractivity (Wildman–Crippen MR) is 81.3 cm³/mol. The van der Waals surface area contributed by atoms with Gasteiger partial charge in [-0.1, -0.05) is 45.4 Å². The highest BCUT2D eigenvalue weighted by molar-refractivity contribution is 5.76. The Bertz CT molecular complexity index is 235. The van der Waals surface area contributed by atoms with E-state index in [0.717, 1.165) is 38.8 Å². The van der Waals surface area contributed by atoms with E-state index in [1.807, 2.05) is 7.05 Å². The highest BCUT2D eigenvalue weighted by Crippen LogP contribution is 2.13. The number of amides is 1. The minimum Gasteiger partial charge on any atom is -0.343 e. The molecule has 1 amide bonds. The Hall–Kier alpha value is -0.570. The van der Waals surface area contributed by atoms with Gasteiger partial charge in [-0.3, -0.25) is 4.79 Å². The molecule has 0 radical (unpaired) electrons. The number of hydrogen-bond acceptors (Lipinski definition) is 2. The number of nitrogens with one attached hydrogen (secondary N) is 1. The Morgan fingerprint density at radius 3 is 2.21 bits per heavy atom. The summed E-state index contributed by atoms with van der Waals surface area (Å²) in [6.45, 7) is 4.14. The second-order valence-corrected chi connectivity index (χ2v) is 5.82. The van der Waals surface area contributed by atoms with E-state index in [2.05, 4.69) is 17.1 Å². The van der Waals surface area contributed by atoms with Crippen molar-refractivity contribution in [2.45, 2.75) is 77.2 Å². The molecule has 1 saturated heterocycles. The second-order valence-electron chi connectivity index (χ2n) is 5.82. The number of piperidine rings is 1. The lowest BCUT2D eigenvalue weighted by Crippen LogP contribution is -2.43. The van der Waals surface area contributed by atoms with Crippen LogP contribution in [-0.4, -0.2) is 37.0 Å². The second kappa shape index (κ2) is 10.2. The lowest BCUT2D eigenvalue weighted by atomic mass is 10.0. The van der Waals surface area contributed by atoms with Crippen molar-refractivity contribution >= 4 is 5.91 Å². The van der Waals surface area contributed by atoms with Crippen LogP contribution in [-0.2, 0) is 4.79 Å². The number of likely N-dealkylation sites (tertiary alicyclic amines) is 1. The molecule has 3 heteroatoms. The topological polar surface area (TPSA) is 32.3 Å². The predicted octanol–water partition coefficient (Wildman–Crippen LogP) is 3.34. The van der Waals surface area contributed by atoms with Crippen LogP contribution in [0.25, 0.3) is 0 Å². The minimum absolute atomic E-state index is 0.378. The average Bonchev–Trinajstić information content (AvgIpc) is 2.46. The monoisotopic (exact) mass is 268 g/mol. The quantitative estimate of drug-likeness (QED) is 0.651. The Balaban J connectivity index is 1.99. The third-order valence-corrected chi connectivity index (χ3v) is 4.25. The van der Waals surface area contributed by atoms with E-state index in [1.54, 1.807) is 0 Å². The summed E-state index contributed by atoms with van der Waals surface area (Å²) in [5.41, 5.74) is 0. The Labute approximate surface area is 119 Å². The molecule has 1 heterocycles. The van der Waals surface area contributed by atoms with Crippen LogP contribution in [0.3, 0.4) is 0 Å². The fourth-order valence-electron chi connectivity index (χ4n) is 2.81. The van der Waals surface area contributed by atoms with Crippen LogP contribution in [0.15, 0.2) is 0 Å². The summed E-state index contributed by atoms with van der Waals surface area (Å²) in [5.74, 6) is 0.378. The van der Waals surface area contributed by atoms with Gasteiger partial charge in [0.1, 0.15) is 0 Å². The number of nitrogens with zero attached hydrogens (tertiary/aromatic N) is 1. The zero-order chi connectivity index (χ0) is 13.9. The average molecular weight is 268 g/mol. The zero-order valence-corrected chi connectivity index (χ0v) is 12.9. The maximum absolute atomic E-state index is 12.0. The number of carbonyl (C=O) groups is 1. The molecule has 1 aliphatic heterocycles. The fraction of sp³-hybridized carbons (Fsp3) is 0.938. The molecular weight excluding hydrogens is 236 g/mol. The van der Waals surface area contributed by atoms with Crippen molar-refractivity contribution in [1.29, 1.82) is 0 Å². The highest BCUT2D eigenvalue weighted by Gasteiger charge is 2.20. The molecule has 1 fully saturated rings. The van der Waals surface area contributed by atoms with E-state index in [4.69, 9.17) is 0 Å². The molecule has 1 aliphatic rings. The maximum atomic E-state index is 12.0. The van der Waals surface area contributed by atoms with Gasteiger partial charge in [-0.15, -0.1) is 0 Å². The first-order valence-corrected chi connectivity index (χ1v) is 8.23. The van der Waals surface area contributed by atoms with Crippen molar-refractivity contribution in [2.24, 2.45) is 0 Å². The van der Waals surface area contributed by atoms with Gasteiger partial charge >= 0.3 is 0 Å². The maximum Gasteiger partial charge on any atom is 0.222 e. The van der Waals surface area contributed by atoms with Gasteiger partial charge in [-0.25, -0.2) is 0 Å². The molecule has 0 aromatic rings. The van der Waals surface area contributed by atoms with Gasteiger partial charge in [0.15, 0.2) is 0 Å². The standard InChI is InChI=1S/C16H32N2O/c1-3-4-5-6-7-8-9-10-16(19)18-13-11-15(17-2)12-14-18/h15,17H,3-14H2,1-2H3. The van der Waals surface area contributed by atoms with Crippen molar-refractivity contribution in [3.8, 4) is 0 Å². The van der Waals surface area contributed by atoms with Crippen molar-refractivity contribution in [1.82, 2.24) is 10.2 Å². The van der Waals surface area contributed by atoms with Crippen LogP contribution >= 0.6 is 0 Å². The molecular formula is C16H32N2O. The van der Waals surface area contributed by atoms with E-state index in [9.17, 15) is 4.79 Å². The van der Waals surface area contributed by atoms with E-state index >= 15 is 0 Å². The Kier molecular flexibility index (Phi) is 8.89. The molecule has 0 unspecified atom stereocenters. The lowest BCUT2D eigenvalue weighted by Gasteiger charge is -2.31. The first-order valence-electron chi connectivity index (χ1n) is 8.23. The van der Waals surface area contributed by atoms with Crippen LogP contribution < -0.4 is 5.32 Å². The Morgan fingerprint density at radius 1 is 1.05 bits per heavy atom. The molecule has 0 saturated carbocycles. The van der Waals surface area contributed by atoms with Crippen molar-refractivity contribution in [2.75, 3.05) is 20.1 Å². The molecule has 1 N–H and O–H groups in total. The summed E-state index contributed by atoms with van der Waals surface area (Å²) >= 11 is 0.